The predicted octanol–water partition coefficient (Wildman–Crippen LogP) is -0.533. The summed E-state index contributed by atoms with van der Waals surface area (Å²) in [5.41, 5.74) is 0.782. The van der Waals surface area contributed by atoms with Crippen LogP contribution in [0.2, 0.25) is 0 Å². The first kappa shape index (κ1) is 16.5. The van der Waals surface area contributed by atoms with Crippen LogP contribution in [-0.4, -0.2) is 42.9 Å². The molecule has 1 aromatic heterocycles. The molecule has 1 atom stereocenters. The second-order valence-corrected chi connectivity index (χ2v) is 5.98. The van der Waals surface area contributed by atoms with Crippen molar-refractivity contribution in [2.45, 2.75) is 25.4 Å². The van der Waals surface area contributed by atoms with Crippen LogP contribution in [0.25, 0.3) is 0 Å². The molecule has 0 radical (unpaired) electrons. The first-order chi connectivity index (χ1) is 9.33. The number of carboxylic acids is 1. The maximum Gasteiger partial charge on any atom is 0.321 e. The SMILES string of the molecule is CN[C@@H](Cc1cccc[n+]1CCCS(=O)(=O)O)C(=O)O. The number of hydrogen-bond donors (Lipinski definition) is 3. The first-order valence-electron chi connectivity index (χ1n) is 6.16. The highest BCUT2D eigenvalue weighted by molar-refractivity contribution is 7.85. The van der Waals surface area contributed by atoms with Gasteiger partial charge in [-0.2, -0.15) is 8.42 Å². The van der Waals surface area contributed by atoms with Crippen molar-refractivity contribution in [1.82, 2.24) is 5.32 Å². The number of aryl methyl sites for hydroxylation is 1. The van der Waals surface area contributed by atoms with Gasteiger partial charge in [-0.25, -0.2) is 4.57 Å². The molecular formula is C12H19N2O5S+. The molecule has 0 aliphatic carbocycles. The zero-order chi connectivity index (χ0) is 15.2. The molecule has 0 aromatic carbocycles. The lowest BCUT2D eigenvalue weighted by Gasteiger charge is -2.10. The van der Waals surface area contributed by atoms with Gasteiger partial charge in [-0.15, -0.1) is 0 Å². The van der Waals surface area contributed by atoms with Crippen LogP contribution >= 0.6 is 0 Å². The Morgan fingerprint density at radius 1 is 1.45 bits per heavy atom. The topological polar surface area (TPSA) is 108 Å². The Bertz CT molecular complexity index is 559. The first-order valence-corrected chi connectivity index (χ1v) is 7.77. The molecule has 0 bridgehead atoms. The van der Waals surface area contributed by atoms with E-state index in [1.54, 1.807) is 36.0 Å². The van der Waals surface area contributed by atoms with Crippen LogP contribution in [-0.2, 0) is 27.9 Å². The molecule has 3 N–H and O–H groups in total. The Labute approximate surface area is 118 Å². The van der Waals surface area contributed by atoms with Gasteiger partial charge in [0, 0.05) is 18.6 Å². The van der Waals surface area contributed by atoms with Gasteiger partial charge >= 0.3 is 5.97 Å². The molecule has 7 nitrogen and oxygen atoms in total. The minimum absolute atomic E-state index is 0.262. The number of hydrogen-bond acceptors (Lipinski definition) is 4. The summed E-state index contributed by atoms with van der Waals surface area (Å²) in [5.74, 6) is -1.26. The van der Waals surface area contributed by atoms with E-state index >= 15 is 0 Å². The van der Waals surface area contributed by atoms with E-state index < -0.39 is 22.1 Å². The number of carbonyl (C=O) groups is 1. The molecule has 20 heavy (non-hydrogen) atoms. The lowest BCUT2D eigenvalue weighted by molar-refractivity contribution is -0.704. The zero-order valence-electron chi connectivity index (χ0n) is 11.2. The van der Waals surface area contributed by atoms with Gasteiger partial charge in [0.05, 0.1) is 12.2 Å². The van der Waals surface area contributed by atoms with E-state index in [1.165, 1.54) is 0 Å². The van der Waals surface area contributed by atoms with E-state index in [-0.39, 0.29) is 12.2 Å². The van der Waals surface area contributed by atoms with Crippen molar-refractivity contribution in [3.8, 4) is 0 Å². The van der Waals surface area contributed by atoms with Crippen LogP contribution in [0, 0.1) is 0 Å². The Morgan fingerprint density at radius 2 is 2.15 bits per heavy atom. The summed E-state index contributed by atoms with van der Waals surface area (Å²) in [4.78, 5) is 11.0. The molecule has 1 rings (SSSR count). The standard InChI is InChI=1S/C12H18N2O5S/c1-13-11(12(15)16)9-10-5-2-3-6-14(10)7-4-8-20(17,18)19/h2-3,5-6,11,13H,4,7-9H2,1H3,(H-,15,16,17,18,19)/p+1/t11-/m0/s1. The lowest BCUT2D eigenvalue weighted by atomic mass is 10.1. The molecule has 0 saturated heterocycles. The highest BCUT2D eigenvalue weighted by atomic mass is 32.2. The average molecular weight is 303 g/mol. The van der Waals surface area contributed by atoms with Gasteiger partial charge < -0.3 is 10.4 Å². The third kappa shape index (κ3) is 5.64. The summed E-state index contributed by atoms with van der Waals surface area (Å²) in [6.45, 7) is 0.395. The van der Waals surface area contributed by atoms with Crippen LogP contribution < -0.4 is 9.88 Å². The third-order valence-corrected chi connectivity index (χ3v) is 3.70. The number of aromatic nitrogens is 1. The molecule has 0 amide bonds. The molecule has 0 spiro atoms. The number of nitrogens with zero attached hydrogens (tertiary/aromatic N) is 1. The van der Waals surface area contributed by atoms with E-state index in [0.29, 0.717) is 13.0 Å². The minimum atomic E-state index is -3.97. The maximum absolute atomic E-state index is 11.0. The van der Waals surface area contributed by atoms with Crippen molar-refractivity contribution in [3.63, 3.8) is 0 Å². The van der Waals surface area contributed by atoms with Crippen LogP contribution in [0.15, 0.2) is 24.4 Å². The molecule has 0 fully saturated rings. The smallest absolute Gasteiger partial charge is 0.321 e. The highest BCUT2D eigenvalue weighted by Crippen LogP contribution is 2.00. The normalized spacial score (nSPS) is 13.1. The fourth-order valence-electron chi connectivity index (χ4n) is 1.85. The van der Waals surface area contributed by atoms with Crippen LogP contribution in [0.5, 0.6) is 0 Å². The van der Waals surface area contributed by atoms with Gasteiger partial charge in [0.15, 0.2) is 11.9 Å². The number of nitrogens with one attached hydrogen (secondary N) is 1. The molecule has 112 valence electrons. The number of pyridine rings is 1. The van der Waals surface area contributed by atoms with Crippen molar-refractivity contribution in [1.29, 1.82) is 0 Å². The molecule has 8 heteroatoms. The Morgan fingerprint density at radius 3 is 2.70 bits per heavy atom. The average Bonchev–Trinajstić information content (AvgIpc) is 2.35. The van der Waals surface area contributed by atoms with Crippen molar-refractivity contribution in [3.05, 3.63) is 30.1 Å². The lowest BCUT2D eigenvalue weighted by Crippen LogP contribution is -2.44. The molecule has 0 aliphatic heterocycles. The molecule has 1 aromatic rings. The van der Waals surface area contributed by atoms with Gasteiger partial charge in [-0.3, -0.25) is 9.35 Å². The van der Waals surface area contributed by atoms with Crippen LogP contribution in [0.4, 0.5) is 0 Å². The fourth-order valence-corrected chi connectivity index (χ4v) is 2.35. The van der Waals surface area contributed by atoms with E-state index in [9.17, 15) is 13.2 Å². The summed E-state index contributed by atoms with van der Waals surface area (Å²) in [6.07, 6.45) is 2.31. The van der Waals surface area contributed by atoms with Gasteiger partial charge in [0.1, 0.15) is 12.6 Å². The van der Waals surface area contributed by atoms with Crippen molar-refractivity contribution in [2.24, 2.45) is 0 Å². The number of likely N-dealkylation sites (N-methyl/N-ethyl adjacent to an activating group) is 1. The van der Waals surface area contributed by atoms with Crippen LogP contribution in [0.3, 0.4) is 0 Å². The maximum atomic E-state index is 11.0. The Balaban J connectivity index is 2.75. The largest absolute Gasteiger partial charge is 0.480 e. The zero-order valence-corrected chi connectivity index (χ0v) is 12.0. The molecule has 1 heterocycles. The second-order valence-electron chi connectivity index (χ2n) is 4.41. The third-order valence-electron chi connectivity index (χ3n) is 2.90. The number of rotatable bonds is 8. The van der Waals surface area contributed by atoms with Crippen molar-refractivity contribution >= 4 is 16.1 Å². The van der Waals surface area contributed by atoms with E-state index in [1.807, 2.05) is 0 Å². The van der Waals surface area contributed by atoms with E-state index in [4.69, 9.17) is 9.66 Å². The van der Waals surface area contributed by atoms with Gasteiger partial charge in [-0.05, 0) is 7.05 Å². The quantitative estimate of drug-likeness (QED) is 0.440. The summed E-state index contributed by atoms with van der Waals surface area (Å²) in [7, 11) is -2.39. The second kappa shape index (κ2) is 7.32. The Kier molecular flexibility index (Phi) is 6.05. The summed E-state index contributed by atoms with van der Waals surface area (Å²) in [5, 5.41) is 11.7. The highest BCUT2D eigenvalue weighted by Gasteiger charge is 2.21. The Hall–Kier alpha value is -1.51. The number of aliphatic carboxylic acids is 1. The van der Waals surface area contributed by atoms with Crippen molar-refractivity contribution < 1.29 is 27.4 Å². The monoisotopic (exact) mass is 303 g/mol. The van der Waals surface area contributed by atoms with E-state index in [2.05, 4.69) is 5.32 Å². The fraction of sp³-hybridized carbons (Fsp3) is 0.500. The summed E-state index contributed by atoms with van der Waals surface area (Å²) in [6, 6.07) is 4.67. The minimum Gasteiger partial charge on any atom is -0.480 e. The van der Waals surface area contributed by atoms with Gasteiger partial charge in [0.25, 0.3) is 10.1 Å². The molecule has 0 saturated carbocycles. The summed E-state index contributed by atoms with van der Waals surface area (Å²) >= 11 is 0. The summed E-state index contributed by atoms with van der Waals surface area (Å²) < 4.78 is 31.8. The van der Waals surface area contributed by atoms with Crippen LogP contribution in [0.1, 0.15) is 12.1 Å². The van der Waals surface area contributed by atoms with E-state index in [0.717, 1.165) is 5.69 Å². The van der Waals surface area contributed by atoms with Crippen molar-refractivity contribution in [2.75, 3.05) is 12.8 Å². The number of carboxylic acid groups (broad SMARTS) is 1. The molecule has 0 unspecified atom stereocenters. The predicted molar refractivity (Wildman–Crippen MR) is 71.9 cm³/mol. The van der Waals surface area contributed by atoms with Gasteiger partial charge in [-0.1, -0.05) is 6.07 Å². The molecular weight excluding hydrogens is 284 g/mol. The van der Waals surface area contributed by atoms with Gasteiger partial charge in [0.2, 0.25) is 0 Å². The molecule has 0 aliphatic rings.